The molecule has 1 saturated carbocycles. The first kappa shape index (κ1) is 11.0. The van der Waals surface area contributed by atoms with Crippen LogP contribution in [0.25, 0.3) is 0 Å². The van der Waals surface area contributed by atoms with Crippen LogP contribution in [0, 0.1) is 6.92 Å². The van der Waals surface area contributed by atoms with E-state index in [1.54, 1.807) is 0 Å². The highest BCUT2D eigenvalue weighted by atomic mass is 79.9. The van der Waals surface area contributed by atoms with Gasteiger partial charge in [0.05, 0.1) is 0 Å². The predicted octanol–water partition coefficient (Wildman–Crippen LogP) is 3.05. The summed E-state index contributed by atoms with van der Waals surface area (Å²) < 4.78 is 1.16. The summed E-state index contributed by atoms with van der Waals surface area (Å²) in [6.45, 7) is 2.13. The molecule has 1 aliphatic carbocycles. The lowest BCUT2D eigenvalue weighted by Crippen LogP contribution is -2.21. The van der Waals surface area contributed by atoms with Crippen molar-refractivity contribution in [1.82, 2.24) is 0 Å². The molecule has 1 fully saturated rings. The van der Waals surface area contributed by atoms with Gasteiger partial charge in [-0.15, -0.1) is 0 Å². The van der Waals surface area contributed by atoms with E-state index in [9.17, 15) is 0 Å². The number of nitrogens with two attached hydrogens (primary N) is 1. The Kier molecular flexibility index (Phi) is 3.32. The molecule has 0 aromatic heterocycles. The van der Waals surface area contributed by atoms with Crippen molar-refractivity contribution in [1.29, 1.82) is 0 Å². The van der Waals surface area contributed by atoms with Crippen LogP contribution in [0.15, 0.2) is 22.7 Å². The van der Waals surface area contributed by atoms with Crippen LogP contribution in [0.2, 0.25) is 0 Å². The molecule has 1 aromatic carbocycles. The van der Waals surface area contributed by atoms with E-state index < -0.39 is 0 Å². The van der Waals surface area contributed by atoms with Crippen molar-refractivity contribution < 1.29 is 0 Å². The van der Waals surface area contributed by atoms with Crippen LogP contribution < -0.4 is 11.1 Å². The first-order valence-electron chi connectivity index (χ1n) is 5.44. The molecule has 0 amide bonds. The molecule has 2 atom stereocenters. The molecule has 2 rings (SSSR count). The minimum atomic E-state index is 0.384. The van der Waals surface area contributed by atoms with Gasteiger partial charge in [0.1, 0.15) is 0 Å². The Labute approximate surface area is 99.4 Å². The van der Waals surface area contributed by atoms with Gasteiger partial charge in [-0.2, -0.15) is 0 Å². The molecule has 3 N–H and O–H groups in total. The van der Waals surface area contributed by atoms with Gasteiger partial charge in [-0.05, 0) is 43.9 Å². The molecular weight excluding hydrogens is 252 g/mol. The Morgan fingerprint density at radius 2 is 2.20 bits per heavy atom. The maximum absolute atomic E-state index is 5.90. The summed E-state index contributed by atoms with van der Waals surface area (Å²) in [6.07, 6.45) is 3.42. The molecule has 1 aromatic rings. The molecule has 0 radical (unpaired) electrons. The maximum atomic E-state index is 5.90. The van der Waals surface area contributed by atoms with Crippen molar-refractivity contribution in [3.05, 3.63) is 28.2 Å². The molecule has 2 unspecified atom stereocenters. The number of nitrogens with one attached hydrogen (secondary N) is 1. The van der Waals surface area contributed by atoms with E-state index in [1.807, 2.05) is 0 Å². The van der Waals surface area contributed by atoms with E-state index in [0.717, 1.165) is 17.3 Å². The van der Waals surface area contributed by atoms with E-state index in [-0.39, 0.29) is 0 Å². The number of anilines is 1. The van der Waals surface area contributed by atoms with Gasteiger partial charge in [0.25, 0.3) is 0 Å². The minimum Gasteiger partial charge on any atom is -0.382 e. The van der Waals surface area contributed by atoms with Gasteiger partial charge in [-0.1, -0.05) is 22.0 Å². The second kappa shape index (κ2) is 4.54. The standard InChI is InChI=1S/C12H17BrN2/c1-8-11(13)3-2-4-12(8)15-10-6-5-9(14)7-10/h2-4,9-10,15H,5-7,14H2,1H3. The van der Waals surface area contributed by atoms with Gasteiger partial charge in [0.15, 0.2) is 0 Å². The Hall–Kier alpha value is -0.540. The number of hydrogen-bond acceptors (Lipinski definition) is 2. The molecule has 0 heterocycles. The first-order chi connectivity index (χ1) is 7.16. The summed E-state index contributed by atoms with van der Waals surface area (Å²) in [4.78, 5) is 0. The first-order valence-corrected chi connectivity index (χ1v) is 6.23. The third kappa shape index (κ3) is 2.52. The fraction of sp³-hybridized carbons (Fsp3) is 0.500. The second-order valence-electron chi connectivity index (χ2n) is 4.33. The lowest BCUT2D eigenvalue weighted by molar-refractivity contribution is 0.687. The normalized spacial score (nSPS) is 25.5. The molecule has 0 aliphatic heterocycles. The topological polar surface area (TPSA) is 38.0 Å². The zero-order valence-corrected chi connectivity index (χ0v) is 10.5. The quantitative estimate of drug-likeness (QED) is 0.866. The predicted molar refractivity (Wildman–Crippen MR) is 68.1 cm³/mol. The molecule has 2 nitrogen and oxygen atoms in total. The van der Waals surface area contributed by atoms with Crippen molar-refractivity contribution >= 4 is 21.6 Å². The summed E-state index contributed by atoms with van der Waals surface area (Å²) in [6, 6.07) is 7.20. The lowest BCUT2D eigenvalue weighted by atomic mass is 10.1. The van der Waals surface area contributed by atoms with E-state index >= 15 is 0 Å². The monoisotopic (exact) mass is 268 g/mol. The Bertz CT molecular complexity index is 351. The molecule has 82 valence electrons. The summed E-state index contributed by atoms with van der Waals surface area (Å²) in [7, 11) is 0. The van der Waals surface area contributed by atoms with Crippen LogP contribution in [0.5, 0.6) is 0 Å². The van der Waals surface area contributed by atoms with Crippen LogP contribution in [-0.2, 0) is 0 Å². The Morgan fingerprint density at radius 1 is 1.40 bits per heavy atom. The number of halogens is 1. The fourth-order valence-corrected chi connectivity index (χ4v) is 2.50. The molecular formula is C12H17BrN2. The van der Waals surface area contributed by atoms with Gasteiger partial charge < -0.3 is 11.1 Å². The molecule has 15 heavy (non-hydrogen) atoms. The zero-order valence-electron chi connectivity index (χ0n) is 8.96. The average molecular weight is 269 g/mol. The molecule has 1 aliphatic rings. The van der Waals surface area contributed by atoms with Gasteiger partial charge in [0.2, 0.25) is 0 Å². The van der Waals surface area contributed by atoms with Gasteiger partial charge in [0, 0.05) is 22.2 Å². The number of rotatable bonds is 2. The molecule has 0 bridgehead atoms. The van der Waals surface area contributed by atoms with Gasteiger partial charge in [-0.25, -0.2) is 0 Å². The van der Waals surface area contributed by atoms with Crippen molar-refractivity contribution in [2.24, 2.45) is 5.73 Å². The molecule has 3 heteroatoms. The summed E-state index contributed by atoms with van der Waals surface area (Å²) in [5, 5.41) is 3.57. The van der Waals surface area contributed by atoms with Crippen molar-refractivity contribution in [3.8, 4) is 0 Å². The number of hydrogen-bond donors (Lipinski definition) is 2. The van der Waals surface area contributed by atoms with Crippen LogP contribution in [0.1, 0.15) is 24.8 Å². The van der Waals surface area contributed by atoms with Crippen LogP contribution >= 0.6 is 15.9 Å². The van der Waals surface area contributed by atoms with Crippen LogP contribution in [-0.4, -0.2) is 12.1 Å². The lowest BCUT2D eigenvalue weighted by Gasteiger charge is -2.16. The SMILES string of the molecule is Cc1c(Br)cccc1NC1CCC(N)C1. The number of benzene rings is 1. The third-order valence-electron chi connectivity index (χ3n) is 3.10. The highest BCUT2D eigenvalue weighted by Gasteiger charge is 2.21. The van der Waals surface area contributed by atoms with Crippen molar-refractivity contribution in [2.45, 2.75) is 38.3 Å². The van der Waals surface area contributed by atoms with E-state index in [0.29, 0.717) is 12.1 Å². The third-order valence-corrected chi connectivity index (χ3v) is 3.96. The highest BCUT2D eigenvalue weighted by Crippen LogP contribution is 2.27. The average Bonchev–Trinajstić information content (AvgIpc) is 2.59. The largest absolute Gasteiger partial charge is 0.382 e. The van der Waals surface area contributed by atoms with Gasteiger partial charge >= 0.3 is 0 Å². The van der Waals surface area contributed by atoms with Gasteiger partial charge in [-0.3, -0.25) is 0 Å². The van der Waals surface area contributed by atoms with E-state index in [4.69, 9.17) is 5.73 Å². The Morgan fingerprint density at radius 3 is 2.87 bits per heavy atom. The summed E-state index contributed by atoms with van der Waals surface area (Å²) in [5.41, 5.74) is 8.40. The highest BCUT2D eigenvalue weighted by molar-refractivity contribution is 9.10. The smallest absolute Gasteiger partial charge is 0.0383 e. The minimum absolute atomic E-state index is 0.384. The van der Waals surface area contributed by atoms with E-state index in [2.05, 4.69) is 46.4 Å². The Balaban J connectivity index is 2.07. The van der Waals surface area contributed by atoms with E-state index in [1.165, 1.54) is 17.7 Å². The fourth-order valence-electron chi connectivity index (χ4n) is 2.13. The van der Waals surface area contributed by atoms with Crippen LogP contribution in [0.4, 0.5) is 5.69 Å². The molecule has 0 saturated heterocycles. The van der Waals surface area contributed by atoms with Crippen molar-refractivity contribution in [3.63, 3.8) is 0 Å². The van der Waals surface area contributed by atoms with Crippen molar-refractivity contribution in [2.75, 3.05) is 5.32 Å². The van der Waals surface area contributed by atoms with Crippen LogP contribution in [0.3, 0.4) is 0 Å². The summed E-state index contributed by atoms with van der Waals surface area (Å²) in [5.74, 6) is 0. The maximum Gasteiger partial charge on any atom is 0.0383 e. The second-order valence-corrected chi connectivity index (χ2v) is 5.18. The summed E-state index contributed by atoms with van der Waals surface area (Å²) >= 11 is 3.54. The molecule has 0 spiro atoms. The zero-order chi connectivity index (χ0) is 10.8.